The highest BCUT2D eigenvalue weighted by molar-refractivity contribution is 7.52. The number of alkyl halides is 5. The summed E-state index contributed by atoms with van der Waals surface area (Å²) in [6.07, 6.45) is 6.27. The van der Waals surface area contributed by atoms with Crippen LogP contribution in [0.1, 0.15) is 96.8 Å². The first-order chi connectivity index (χ1) is 20.8. The van der Waals surface area contributed by atoms with E-state index >= 15 is 0 Å². The second kappa shape index (κ2) is 19.6. The Morgan fingerprint density at radius 3 is 2.05 bits per heavy atom. The van der Waals surface area contributed by atoms with Gasteiger partial charge in [0.2, 0.25) is 0 Å². The fourth-order valence-corrected chi connectivity index (χ4v) is 5.48. The summed E-state index contributed by atoms with van der Waals surface area (Å²) in [5.74, 6) is -4.30. The molecule has 2 rings (SSSR count). The van der Waals surface area contributed by atoms with E-state index in [-0.39, 0.29) is 18.8 Å². The van der Waals surface area contributed by atoms with Crippen LogP contribution in [0.3, 0.4) is 0 Å². The number of aromatic nitrogens is 4. The molecule has 0 saturated carbocycles. The number of nitrogen functional groups attached to an aromatic ring is 1. The number of anilines is 1. The van der Waals surface area contributed by atoms with E-state index in [1.807, 2.05) is 0 Å². The first-order valence-corrected chi connectivity index (χ1v) is 17.1. The molecule has 0 amide bonds. The first kappa shape index (κ1) is 38.3. The Balaban J connectivity index is 1.35. The van der Waals surface area contributed by atoms with Crippen molar-refractivity contribution in [2.24, 2.45) is 0 Å². The molecule has 2 aromatic rings. The molecule has 0 bridgehead atoms. The Morgan fingerprint density at radius 2 is 1.43 bits per heavy atom. The second-order valence-corrected chi connectivity index (χ2v) is 12.9. The summed E-state index contributed by atoms with van der Waals surface area (Å²) in [6, 6.07) is 0. The average molecular weight is 660 g/mol. The molecule has 0 fully saturated rings. The van der Waals surface area contributed by atoms with Crippen LogP contribution in [0.25, 0.3) is 11.2 Å². The average Bonchev–Trinajstić information content (AvgIpc) is 3.36. The Kier molecular flexibility index (Phi) is 17.0. The highest BCUT2D eigenvalue weighted by Crippen LogP contribution is 2.42. The Bertz CT molecular complexity index is 1120. The standard InChI is InChI=1S/C28H47F5N5O5P/c1-23(19-38-21-37-24-25(34)35-20-36-26(24)38)42-22-44(39,40)43-18-14-17-41-16-13-11-9-7-5-3-2-4-6-8-10-12-15-27(29,30)28(31,32)33/h20-21,23H,2-19,22H2,1H3,(H,39,40)(H2,34,35,36)/t23-/m1/s1. The molecule has 2 heterocycles. The van der Waals surface area contributed by atoms with Crippen LogP contribution in [0.4, 0.5) is 27.8 Å². The van der Waals surface area contributed by atoms with Crippen molar-refractivity contribution in [1.82, 2.24) is 19.5 Å². The number of hydrogen-bond donors (Lipinski definition) is 2. The maximum Gasteiger partial charge on any atom is 0.453 e. The van der Waals surface area contributed by atoms with Gasteiger partial charge in [0.1, 0.15) is 18.2 Å². The lowest BCUT2D eigenvalue weighted by Gasteiger charge is -2.19. The van der Waals surface area contributed by atoms with Gasteiger partial charge in [-0.3, -0.25) is 4.57 Å². The Morgan fingerprint density at radius 1 is 0.864 bits per heavy atom. The van der Waals surface area contributed by atoms with Gasteiger partial charge in [0.25, 0.3) is 0 Å². The number of nitrogens with zero attached hydrogens (tertiary/aromatic N) is 4. The Hall–Kier alpha value is -1.93. The Labute approximate surface area is 255 Å². The summed E-state index contributed by atoms with van der Waals surface area (Å²) < 4.78 is 92.2. The fraction of sp³-hybridized carbons (Fsp3) is 0.821. The van der Waals surface area contributed by atoms with E-state index in [4.69, 9.17) is 19.7 Å². The van der Waals surface area contributed by atoms with E-state index in [0.29, 0.717) is 50.2 Å². The van der Waals surface area contributed by atoms with Crippen molar-refractivity contribution in [2.75, 3.05) is 31.9 Å². The highest BCUT2D eigenvalue weighted by atomic mass is 31.2. The summed E-state index contributed by atoms with van der Waals surface area (Å²) in [6.45, 7) is 3.26. The van der Waals surface area contributed by atoms with Crippen molar-refractivity contribution in [3.63, 3.8) is 0 Å². The van der Waals surface area contributed by atoms with Gasteiger partial charge in [0, 0.05) is 19.6 Å². The lowest BCUT2D eigenvalue weighted by Crippen LogP contribution is -2.36. The molecule has 0 spiro atoms. The van der Waals surface area contributed by atoms with Gasteiger partial charge in [0.05, 0.1) is 25.6 Å². The van der Waals surface area contributed by atoms with Crippen LogP contribution in [0.2, 0.25) is 0 Å². The summed E-state index contributed by atoms with van der Waals surface area (Å²) in [5.41, 5.74) is 6.83. The van der Waals surface area contributed by atoms with Crippen LogP contribution in [0, 0.1) is 0 Å². The number of ether oxygens (including phenoxy) is 2. The molecule has 44 heavy (non-hydrogen) atoms. The molecule has 10 nitrogen and oxygen atoms in total. The van der Waals surface area contributed by atoms with Crippen molar-refractivity contribution in [3.05, 3.63) is 12.7 Å². The molecule has 0 aromatic carbocycles. The van der Waals surface area contributed by atoms with Gasteiger partial charge < -0.3 is 29.2 Å². The van der Waals surface area contributed by atoms with E-state index < -0.39 is 38.6 Å². The van der Waals surface area contributed by atoms with Gasteiger partial charge in [-0.25, -0.2) is 15.0 Å². The van der Waals surface area contributed by atoms with E-state index in [1.165, 1.54) is 6.33 Å². The zero-order chi connectivity index (χ0) is 32.5. The van der Waals surface area contributed by atoms with Gasteiger partial charge in [-0.1, -0.05) is 64.2 Å². The summed E-state index contributed by atoms with van der Waals surface area (Å²) in [7, 11) is -3.90. The van der Waals surface area contributed by atoms with Crippen LogP contribution >= 0.6 is 7.60 Å². The molecular formula is C28H47F5N5O5P. The third kappa shape index (κ3) is 14.9. The van der Waals surface area contributed by atoms with Crippen molar-refractivity contribution >= 4 is 24.6 Å². The van der Waals surface area contributed by atoms with Gasteiger partial charge in [-0.15, -0.1) is 0 Å². The topological polar surface area (TPSA) is 135 Å². The SMILES string of the molecule is C[C@H](Cn1cnc2c(N)ncnc21)OCP(=O)(O)OCCCOCCCCCCCCCCCCCCC(F)(F)C(F)(F)F. The van der Waals surface area contributed by atoms with Crippen molar-refractivity contribution in [2.45, 2.75) is 122 Å². The minimum atomic E-state index is -5.45. The second-order valence-electron chi connectivity index (χ2n) is 11.1. The van der Waals surface area contributed by atoms with Gasteiger partial charge in [0.15, 0.2) is 11.5 Å². The molecule has 2 atom stereocenters. The molecule has 3 N–H and O–H groups in total. The lowest BCUT2D eigenvalue weighted by molar-refractivity contribution is -0.284. The third-order valence-electron chi connectivity index (χ3n) is 7.08. The molecule has 0 saturated heterocycles. The molecule has 0 aliphatic heterocycles. The van der Waals surface area contributed by atoms with E-state index in [9.17, 15) is 31.4 Å². The van der Waals surface area contributed by atoms with Crippen molar-refractivity contribution in [3.8, 4) is 0 Å². The molecule has 16 heteroatoms. The van der Waals surface area contributed by atoms with E-state index in [1.54, 1.807) is 17.8 Å². The smallest absolute Gasteiger partial charge is 0.382 e. The lowest BCUT2D eigenvalue weighted by atomic mass is 10.0. The predicted octanol–water partition coefficient (Wildman–Crippen LogP) is 7.65. The molecule has 0 aliphatic carbocycles. The van der Waals surface area contributed by atoms with Crippen LogP contribution in [-0.4, -0.2) is 68.8 Å². The number of fused-ring (bicyclic) bond motifs is 1. The number of nitrogens with two attached hydrogens (primary N) is 1. The quantitative estimate of drug-likeness (QED) is 0.0626. The fourth-order valence-electron chi connectivity index (χ4n) is 4.55. The van der Waals surface area contributed by atoms with Crippen LogP contribution in [0.15, 0.2) is 12.7 Å². The molecular weight excluding hydrogens is 612 g/mol. The number of imidazole rings is 1. The van der Waals surface area contributed by atoms with Crippen LogP contribution in [-0.2, 0) is 25.1 Å². The highest BCUT2D eigenvalue weighted by Gasteiger charge is 2.56. The largest absolute Gasteiger partial charge is 0.453 e. The maximum absolute atomic E-state index is 12.8. The van der Waals surface area contributed by atoms with E-state index in [0.717, 1.165) is 57.8 Å². The zero-order valence-corrected chi connectivity index (χ0v) is 26.3. The van der Waals surface area contributed by atoms with E-state index in [2.05, 4.69) is 15.0 Å². The summed E-state index contributed by atoms with van der Waals surface area (Å²) in [5, 5.41) is 0. The minimum absolute atomic E-state index is 0.0852. The maximum atomic E-state index is 12.8. The normalized spacial score (nSPS) is 14.7. The van der Waals surface area contributed by atoms with Gasteiger partial charge in [-0.05, 0) is 26.2 Å². The van der Waals surface area contributed by atoms with Gasteiger partial charge in [-0.2, -0.15) is 22.0 Å². The molecule has 2 aromatic heterocycles. The minimum Gasteiger partial charge on any atom is -0.382 e. The third-order valence-corrected chi connectivity index (χ3v) is 8.14. The monoisotopic (exact) mass is 659 g/mol. The molecule has 0 radical (unpaired) electrons. The predicted molar refractivity (Wildman–Crippen MR) is 157 cm³/mol. The summed E-state index contributed by atoms with van der Waals surface area (Å²) in [4.78, 5) is 22.3. The van der Waals surface area contributed by atoms with Crippen LogP contribution in [0.5, 0.6) is 0 Å². The number of unbranched alkanes of at least 4 members (excludes halogenated alkanes) is 11. The number of hydrogen-bond acceptors (Lipinski definition) is 8. The van der Waals surface area contributed by atoms with Gasteiger partial charge >= 0.3 is 19.7 Å². The molecule has 0 aliphatic rings. The first-order valence-electron chi connectivity index (χ1n) is 15.3. The van der Waals surface area contributed by atoms with Crippen LogP contribution < -0.4 is 5.73 Å². The number of halogens is 5. The van der Waals surface area contributed by atoms with Crippen molar-refractivity contribution < 1.29 is 45.4 Å². The molecule has 254 valence electrons. The number of rotatable bonds is 25. The summed E-state index contributed by atoms with van der Waals surface area (Å²) >= 11 is 0. The zero-order valence-electron chi connectivity index (χ0n) is 25.5. The van der Waals surface area contributed by atoms with Crippen molar-refractivity contribution in [1.29, 1.82) is 0 Å². The molecule has 1 unspecified atom stereocenters.